The van der Waals surface area contributed by atoms with Crippen LogP contribution in [0.15, 0.2) is 12.4 Å². The predicted molar refractivity (Wildman–Crippen MR) is 70.6 cm³/mol. The molecule has 0 amide bonds. The quantitative estimate of drug-likeness (QED) is 0.882. The van der Waals surface area contributed by atoms with Gasteiger partial charge in [-0.15, -0.1) is 10.2 Å². The van der Waals surface area contributed by atoms with Crippen LogP contribution in [0.5, 0.6) is 0 Å². The molecule has 5 heteroatoms. The Kier molecular flexibility index (Phi) is 2.50. The van der Waals surface area contributed by atoms with Crippen molar-refractivity contribution in [2.24, 2.45) is 5.41 Å². The van der Waals surface area contributed by atoms with Gasteiger partial charge >= 0.3 is 0 Å². The average Bonchev–Trinajstić information content (AvgIpc) is 2.84. The van der Waals surface area contributed by atoms with Crippen LogP contribution in [0.2, 0.25) is 0 Å². The van der Waals surface area contributed by atoms with E-state index in [4.69, 9.17) is 0 Å². The van der Waals surface area contributed by atoms with Crippen molar-refractivity contribution in [1.29, 1.82) is 0 Å². The Morgan fingerprint density at radius 3 is 2.94 bits per heavy atom. The molecule has 2 heterocycles. The minimum atomic E-state index is 0.437. The Morgan fingerprint density at radius 2 is 2.22 bits per heavy atom. The van der Waals surface area contributed by atoms with Gasteiger partial charge < -0.3 is 5.32 Å². The number of nitrogens with zero attached hydrogens (tertiary/aromatic N) is 4. The van der Waals surface area contributed by atoms with E-state index in [1.807, 2.05) is 17.5 Å². The molecule has 0 aliphatic heterocycles. The number of aromatic nitrogens is 4. The number of fused-ring (bicyclic) bond motifs is 1. The van der Waals surface area contributed by atoms with E-state index in [-0.39, 0.29) is 0 Å². The molecule has 18 heavy (non-hydrogen) atoms. The van der Waals surface area contributed by atoms with Gasteiger partial charge in [0.15, 0.2) is 5.82 Å². The highest BCUT2D eigenvalue weighted by Gasteiger charge is 2.31. The summed E-state index contributed by atoms with van der Waals surface area (Å²) in [4.78, 5) is 4.40. The number of aryl methyl sites for hydroxylation is 1. The fraction of sp³-hybridized carbons (Fsp3) is 0.615. The van der Waals surface area contributed by atoms with E-state index in [0.717, 1.165) is 17.3 Å². The Hall–Kier alpha value is -1.65. The Bertz CT molecular complexity index is 572. The van der Waals surface area contributed by atoms with Crippen LogP contribution in [-0.2, 0) is 0 Å². The van der Waals surface area contributed by atoms with Crippen LogP contribution < -0.4 is 5.32 Å². The van der Waals surface area contributed by atoms with Crippen molar-refractivity contribution >= 4 is 11.5 Å². The molecule has 0 radical (unpaired) electrons. The van der Waals surface area contributed by atoms with Gasteiger partial charge in [0.2, 0.25) is 5.65 Å². The summed E-state index contributed by atoms with van der Waals surface area (Å²) < 4.78 is 1.97. The van der Waals surface area contributed by atoms with Crippen LogP contribution in [0.1, 0.15) is 38.9 Å². The molecule has 0 aromatic carbocycles. The van der Waals surface area contributed by atoms with Gasteiger partial charge in [-0.1, -0.05) is 13.8 Å². The van der Waals surface area contributed by atoms with Gasteiger partial charge in [-0.05, 0) is 31.6 Å². The van der Waals surface area contributed by atoms with Crippen molar-refractivity contribution < 1.29 is 0 Å². The van der Waals surface area contributed by atoms with E-state index >= 15 is 0 Å². The number of anilines is 1. The SMILES string of the molecule is Cc1nnc2c(NC3CCC(C)(C)C3)nccn12. The molecule has 1 aliphatic rings. The second-order valence-corrected chi connectivity index (χ2v) is 5.96. The van der Waals surface area contributed by atoms with Gasteiger partial charge in [-0.3, -0.25) is 4.40 Å². The molecule has 1 N–H and O–H groups in total. The molecule has 1 unspecified atom stereocenters. The van der Waals surface area contributed by atoms with E-state index in [0.29, 0.717) is 11.5 Å². The monoisotopic (exact) mass is 245 g/mol. The maximum absolute atomic E-state index is 4.40. The second-order valence-electron chi connectivity index (χ2n) is 5.96. The highest BCUT2D eigenvalue weighted by molar-refractivity contribution is 5.62. The largest absolute Gasteiger partial charge is 0.364 e. The van der Waals surface area contributed by atoms with Crippen LogP contribution >= 0.6 is 0 Å². The van der Waals surface area contributed by atoms with Gasteiger partial charge in [0.05, 0.1) is 0 Å². The third kappa shape index (κ3) is 1.94. The first-order chi connectivity index (χ1) is 8.55. The molecule has 1 saturated carbocycles. The highest BCUT2D eigenvalue weighted by Crippen LogP contribution is 2.38. The third-order valence-electron chi connectivity index (χ3n) is 3.81. The third-order valence-corrected chi connectivity index (χ3v) is 3.81. The molecular weight excluding hydrogens is 226 g/mol. The van der Waals surface area contributed by atoms with E-state index in [1.54, 1.807) is 6.20 Å². The molecule has 2 aromatic rings. The number of hydrogen-bond donors (Lipinski definition) is 1. The van der Waals surface area contributed by atoms with Crippen molar-refractivity contribution in [2.45, 2.75) is 46.1 Å². The van der Waals surface area contributed by atoms with Crippen LogP contribution in [0.3, 0.4) is 0 Å². The summed E-state index contributed by atoms with van der Waals surface area (Å²) in [5.41, 5.74) is 1.26. The first kappa shape index (κ1) is 11.4. The normalized spacial score (nSPS) is 22.5. The minimum absolute atomic E-state index is 0.437. The molecule has 5 nitrogen and oxygen atoms in total. The molecule has 2 aromatic heterocycles. The first-order valence-corrected chi connectivity index (χ1v) is 6.48. The molecule has 3 rings (SSSR count). The van der Waals surface area contributed by atoms with Crippen LogP contribution in [0, 0.1) is 12.3 Å². The lowest BCUT2D eigenvalue weighted by molar-refractivity contribution is 0.378. The summed E-state index contributed by atoms with van der Waals surface area (Å²) in [5.74, 6) is 1.74. The summed E-state index contributed by atoms with van der Waals surface area (Å²) in [5, 5.41) is 11.8. The standard InChI is InChI=1S/C13H19N5/c1-9-16-17-12-11(14-6-7-18(9)12)15-10-4-5-13(2,3)8-10/h6-7,10H,4-5,8H2,1-3H3,(H,14,15). The number of hydrogen-bond acceptors (Lipinski definition) is 4. The van der Waals surface area contributed by atoms with Gasteiger partial charge in [-0.25, -0.2) is 4.98 Å². The summed E-state index contributed by atoms with van der Waals surface area (Å²) in [7, 11) is 0. The van der Waals surface area contributed by atoms with E-state index in [1.165, 1.54) is 19.3 Å². The van der Waals surface area contributed by atoms with E-state index in [2.05, 4.69) is 34.3 Å². The van der Waals surface area contributed by atoms with Gasteiger partial charge in [0, 0.05) is 18.4 Å². The Labute approximate surface area is 107 Å². The van der Waals surface area contributed by atoms with Gasteiger partial charge in [-0.2, -0.15) is 0 Å². The van der Waals surface area contributed by atoms with Crippen molar-refractivity contribution in [3.05, 3.63) is 18.2 Å². The first-order valence-electron chi connectivity index (χ1n) is 6.48. The molecule has 0 saturated heterocycles. The summed E-state index contributed by atoms with van der Waals surface area (Å²) in [6.45, 7) is 6.59. The van der Waals surface area contributed by atoms with Crippen LogP contribution in [0.25, 0.3) is 5.65 Å². The maximum atomic E-state index is 4.40. The zero-order valence-electron chi connectivity index (χ0n) is 11.1. The zero-order chi connectivity index (χ0) is 12.8. The smallest absolute Gasteiger partial charge is 0.203 e. The van der Waals surface area contributed by atoms with Crippen molar-refractivity contribution in [3.8, 4) is 0 Å². The topological polar surface area (TPSA) is 55.1 Å². The van der Waals surface area contributed by atoms with Crippen LogP contribution in [-0.4, -0.2) is 25.6 Å². The minimum Gasteiger partial charge on any atom is -0.364 e. The van der Waals surface area contributed by atoms with Gasteiger partial charge in [0.1, 0.15) is 5.82 Å². The number of nitrogens with one attached hydrogen (secondary N) is 1. The molecule has 0 bridgehead atoms. The second kappa shape index (κ2) is 3.93. The lowest BCUT2D eigenvalue weighted by atomic mass is 9.92. The van der Waals surface area contributed by atoms with Crippen LogP contribution in [0.4, 0.5) is 5.82 Å². The van der Waals surface area contributed by atoms with Crippen molar-refractivity contribution in [3.63, 3.8) is 0 Å². The zero-order valence-corrected chi connectivity index (χ0v) is 11.1. The highest BCUT2D eigenvalue weighted by atomic mass is 15.3. The summed E-state index contributed by atoms with van der Waals surface area (Å²) in [6, 6.07) is 0.496. The molecule has 1 aliphatic carbocycles. The summed E-state index contributed by atoms with van der Waals surface area (Å²) >= 11 is 0. The van der Waals surface area contributed by atoms with Gasteiger partial charge in [0.25, 0.3) is 0 Å². The Balaban J connectivity index is 1.87. The van der Waals surface area contributed by atoms with Crippen molar-refractivity contribution in [2.75, 3.05) is 5.32 Å². The predicted octanol–water partition coefficient (Wildman–Crippen LogP) is 2.42. The van der Waals surface area contributed by atoms with Crippen molar-refractivity contribution in [1.82, 2.24) is 19.6 Å². The average molecular weight is 245 g/mol. The fourth-order valence-corrected chi connectivity index (χ4v) is 2.80. The van der Waals surface area contributed by atoms with E-state index < -0.39 is 0 Å². The lowest BCUT2D eigenvalue weighted by Gasteiger charge is -2.18. The fourth-order valence-electron chi connectivity index (χ4n) is 2.80. The molecule has 1 atom stereocenters. The molecule has 96 valence electrons. The maximum Gasteiger partial charge on any atom is 0.203 e. The molecule has 0 spiro atoms. The summed E-state index contributed by atoms with van der Waals surface area (Å²) in [6.07, 6.45) is 7.34. The van der Waals surface area contributed by atoms with E-state index in [9.17, 15) is 0 Å². The number of rotatable bonds is 2. The molecule has 1 fully saturated rings. The molecular formula is C13H19N5. The lowest BCUT2D eigenvalue weighted by Crippen LogP contribution is -2.19. The Morgan fingerprint density at radius 1 is 1.39 bits per heavy atom.